The average molecular weight is 378 g/mol. The van der Waals surface area contributed by atoms with Gasteiger partial charge in [0.25, 0.3) is 0 Å². The van der Waals surface area contributed by atoms with E-state index >= 15 is 0 Å². The van der Waals surface area contributed by atoms with E-state index in [2.05, 4.69) is 25.5 Å². The molecule has 0 unspecified atom stereocenters. The Labute approximate surface area is 161 Å². The third-order valence-corrected chi connectivity index (χ3v) is 4.15. The lowest BCUT2D eigenvalue weighted by Gasteiger charge is -2.07. The molecule has 7 heteroatoms. The van der Waals surface area contributed by atoms with Crippen molar-refractivity contribution >= 4 is 23.2 Å². The Hall–Kier alpha value is -3.38. The third kappa shape index (κ3) is 4.07. The highest BCUT2D eigenvalue weighted by atomic mass is 35.5. The number of halogens is 1. The Balaban J connectivity index is 1.53. The van der Waals surface area contributed by atoms with Crippen LogP contribution in [-0.2, 0) is 0 Å². The zero-order valence-electron chi connectivity index (χ0n) is 14.5. The van der Waals surface area contributed by atoms with Gasteiger partial charge in [0, 0.05) is 29.7 Å². The largest absolute Gasteiger partial charge is 0.457 e. The van der Waals surface area contributed by atoms with Crippen LogP contribution in [0.15, 0.2) is 67.0 Å². The lowest BCUT2D eigenvalue weighted by molar-refractivity contribution is 0.482. The molecule has 2 aromatic carbocycles. The molecule has 0 aliphatic carbocycles. The van der Waals surface area contributed by atoms with E-state index in [9.17, 15) is 0 Å². The number of ether oxygens (including phenoxy) is 1. The van der Waals surface area contributed by atoms with Gasteiger partial charge in [-0.05, 0) is 48.9 Å². The summed E-state index contributed by atoms with van der Waals surface area (Å²) in [5.41, 5.74) is 2.82. The number of H-pyrrole nitrogens is 1. The first-order chi connectivity index (χ1) is 13.2. The van der Waals surface area contributed by atoms with E-state index in [4.69, 9.17) is 16.3 Å². The summed E-state index contributed by atoms with van der Waals surface area (Å²) in [5, 5.41) is 10.8. The zero-order chi connectivity index (χ0) is 18.6. The fourth-order valence-electron chi connectivity index (χ4n) is 2.58. The monoisotopic (exact) mass is 377 g/mol. The molecule has 0 aliphatic heterocycles. The minimum absolute atomic E-state index is 0.476. The van der Waals surface area contributed by atoms with Gasteiger partial charge >= 0.3 is 0 Å². The maximum Gasteiger partial charge on any atom is 0.246 e. The predicted octanol–water partition coefficient (Wildman–Crippen LogP) is 5.36. The summed E-state index contributed by atoms with van der Waals surface area (Å²) in [7, 11) is 0. The van der Waals surface area contributed by atoms with E-state index in [0.717, 1.165) is 16.8 Å². The molecule has 2 N–H and O–H groups in total. The number of rotatable bonds is 5. The summed E-state index contributed by atoms with van der Waals surface area (Å²) in [4.78, 5) is 8.43. The van der Waals surface area contributed by atoms with E-state index < -0.39 is 0 Å². The molecule has 4 rings (SSSR count). The fraction of sp³-hybridized carbons (Fsp3) is 0.0500. The van der Waals surface area contributed by atoms with Crippen molar-refractivity contribution in [2.75, 3.05) is 5.32 Å². The summed E-state index contributed by atoms with van der Waals surface area (Å²) in [5.74, 6) is 2.38. The van der Waals surface area contributed by atoms with Crippen LogP contribution in [0.2, 0.25) is 5.02 Å². The van der Waals surface area contributed by atoms with Gasteiger partial charge < -0.3 is 10.1 Å². The van der Waals surface area contributed by atoms with Crippen LogP contribution >= 0.6 is 11.6 Å². The standard InChI is InChI=1S/C20H16ClN5O/c1-13-3-2-4-14(11-13)23-20-24-19(25-26-20)17-6-5-16(12-18(17)21)27-15-7-9-22-10-8-15/h2-12H,1H3,(H2,23,24,25,26). The number of aromatic amines is 1. The van der Waals surface area contributed by atoms with Crippen molar-refractivity contribution in [3.63, 3.8) is 0 Å². The summed E-state index contributed by atoms with van der Waals surface area (Å²) >= 11 is 6.42. The molecule has 0 radical (unpaired) electrons. The molecule has 0 saturated carbocycles. The molecule has 0 bridgehead atoms. The van der Waals surface area contributed by atoms with E-state index in [1.54, 1.807) is 30.6 Å². The fourth-order valence-corrected chi connectivity index (χ4v) is 2.84. The molecule has 0 spiro atoms. The minimum Gasteiger partial charge on any atom is -0.457 e. The van der Waals surface area contributed by atoms with Gasteiger partial charge in [0.15, 0.2) is 5.82 Å². The number of nitrogens with one attached hydrogen (secondary N) is 2. The molecule has 0 atom stereocenters. The van der Waals surface area contributed by atoms with Crippen molar-refractivity contribution in [1.82, 2.24) is 20.2 Å². The first-order valence-electron chi connectivity index (χ1n) is 8.31. The van der Waals surface area contributed by atoms with Gasteiger partial charge in [-0.2, -0.15) is 4.98 Å². The Morgan fingerprint density at radius 3 is 2.63 bits per heavy atom. The molecule has 0 amide bonds. The van der Waals surface area contributed by atoms with E-state index in [1.165, 1.54) is 0 Å². The molecule has 134 valence electrons. The van der Waals surface area contributed by atoms with E-state index in [-0.39, 0.29) is 0 Å². The molecular formula is C20H16ClN5O. The van der Waals surface area contributed by atoms with Crippen molar-refractivity contribution < 1.29 is 4.74 Å². The summed E-state index contributed by atoms with van der Waals surface area (Å²) in [6, 6.07) is 17.0. The smallest absolute Gasteiger partial charge is 0.246 e. The van der Waals surface area contributed by atoms with Crippen LogP contribution in [0.5, 0.6) is 11.5 Å². The lowest BCUT2D eigenvalue weighted by Crippen LogP contribution is -1.92. The Kier molecular flexibility index (Phi) is 4.72. The average Bonchev–Trinajstić information content (AvgIpc) is 3.11. The first kappa shape index (κ1) is 17.1. The molecule has 6 nitrogen and oxygen atoms in total. The predicted molar refractivity (Wildman–Crippen MR) is 106 cm³/mol. The summed E-state index contributed by atoms with van der Waals surface area (Å²) in [6.07, 6.45) is 3.34. The first-order valence-corrected chi connectivity index (χ1v) is 8.69. The highest BCUT2D eigenvalue weighted by Crippen LogP contribution is 2.31. The normalized spacial score (nSPS) is 10.6. The number of pyridine rings is 1. The van der Waals surface area contributed by atoms with Crippen LogP contribution in [-0.4, -0.2) is 20.2 Å². The van der Waals surface area contributed by atoms with Crippen LogP contribution in [0.25, 0.3) is 11.4 Å². The number of aryl methyl sites for hydroxylation is 1. The van der Waals surface area contributed by atoms with Gasteiger partial charge in [-0.15, -0.1) is 5.10 Å². The molecular weight excluding hydrogens is 362 g/mol. The van der Waals surface area contributed by atoms with Crippen LogP contribution in [0, 0.1) is 6.92 Å². The van der Waals surface area contributed by atoms with Gasteiger partial charge in [0.2, 0.25) is 5.95 Å². The molecule has 27 heavy (non-hydrogen) atoms. The lowest BCUT2D eigenvalue weighted by atomic mass is 10.2. The number of benzene rings is 2. The topological polar surface area (TPSA) is 75.7 Å². The van der Waals surface area contributed by atoms with Gasteiger partial charge in [0.05, 0.1) is 5.02 Å². The Bertz CT molecular complexity index is 1060. The summed E-state index contributed by atoms with van der Waals surface area (Å²) < 4.78 is 5.76. The highest BCUT2D eigenvalue weighted by Gasteiger charge is 2.11. The van der Waals surface area contributed by atoms with Crippen LogP contribution < -0.4 is 10.1 Å². The molecule has 2 aromatic heterocycles. The molecule has 4 aromatic rings. The minimum atomic E-state index is 0.476. The Morgan fingerprint density at radius 2 is 1.85 bits per heavy atom. The number of hydrogen-bond donors (Lipinski definition) is 2. The highest BCUT2D eigenvalue weighted by molar-refractivity contribution is 6.33. The molecule has 0 saturated heterocycles. The maximum absolute atomic E-state index is 6.42. The SMILES string of the molecule is Cc1cccc(Nc2n[nH]c(-c3ccc(Oc4ccncc4)cc3Cl)n2)c1. The molecule has 0 aliphatic rings. The number of hydrogen-bond acceptors (Lipinski definition) is 5. The summed E-state index contributed by atoms with van der Waals surface area (Å²) in [6.45, 7) is 2.03. The van der Waals surface area contributed by atoms with Crippen molar-refractivity contribution in [3.05, 3.63) is 77.6 Å². The van der Waals surface area contributed by atoms with Gasteiger partial charge in [0.1, 0.15) is 11.5 Å². The van der Waals surface area contributed by atoms with Crippen LogP contribution in [0.1, 0.15) is 5.56 Å². The molecule has 0 fully saturated rings. The van der Waals surface area contributed by atoms with Crippen LogP contribution in [0.4, 0.5) is 11.6 Å². The quantitative estimate of drug-likeness (QED) is 0.489. The van der Waals surface area contributed by atoms with Crippen molar-refractivity contribution in [2.24, 2.45) is 0 Å². The van der Waals surface area contributed by atoms with Crippen molar-refractivity contribution in [2.45, 2.75) is 6.92 Å². The second-order valence-corrected chi connectivity index (χ2v) is 6.34. The second-order valence-electron chi connectivity index (χ2n) is 5.93. The molecule has 2 heterocycles. The Morgan fingerprint density at radius 1 is 1.00 bits per heavy atom. The third-order valence-electron chi connectivity index (χ3n) is 3.84. The number of nitrogens with zero attached hydrogens (tertiary/aromatic N) is 3. The van der Waals surface area contributed by atoms with Gasteiger partial charge in [-0.1, -0.05) is 23.7 Å². The van der Waals surface area contributed by atoms with Crippen molar-refractivity contribution in [1.29, 1.82) is 0 Å². The maximum atomic E-state index is 6.42. The zero-order valence-corrected chi connectivity index (χ0v) is 15.2. The second kappa shape index (κ2) is 7.47. The number of aromatic nitrogens is 4. The van der Waals surface area contributed by atoms with Gasteiger partial charge in [-0.3, -0.25) is 10.1 Å². The van der Waals surface area contributed by atoms with Crippen LogP contribution in [0.3, 0.4) is 0 Å². The van der Waals surface area contributed by atoms with E-state index in [0.29, 0.717) is 28.3 Å². The van der Waals surface area contributed by atoms with Gasteiger partial charge in [-0.25, -0.2) is 0 Å². The van der Waals surface area contributed by atoms with E-state index in [1.807, 2.05) is 43.3 Å². The van der Waals surface area contributed by atoms with Crippen molar-refractivity contribution in [3.8, 4) is 22.9 Å². The number of anilines is 2.